The average Bonchev–Trinajstić information content (AvgIpc) is 3.23. The summed E-state index contributed by atoms with van der Waals surface area (Å²) < 4.78 is 0.852. The predicted octanol–water partition coefficient (Wildman–Crippen LogP) is 3.85. The molecule has 2 aromatic rings. The molecular formula is C17H24N4OS3. The van der Waals surface area contributed by atoms with Crippen LogP contribution in [0.2, 0.25) is 0 Å². The third-order valence-corrected chi connectivity index (χ3v) is 7.11. The predicted molar refractivity (Wildman–Crippen MR) is 107 cm³/mol. The third-order valence-electron chi connectivity index (χ3n) is 4.17. The topological polar surface area (TPSA) is 58.1 Å². The van der Waals surface area contributed by atoms with Gasteiger partial charge in [0.05, 0.1) is 5.75 Å². The van der Waals surface area contributed by atoms with E-state index in [1.54, 1.807) is 11.3 Å². The minimum Gasteiger partial charge on any atom is -0.360 e. The number of thiophene rings is 1. The maximum absolute atomic E-state index is 12.4. The van der Waals surface area contributed by atoms with Crippen molar-refractivity contribution in [3.05, 3.63) is 22.4 Å². The first-order valence-electron chi connectivity index (χ1n) is 8.60. The maximum atomic E-state index is 12.4. The van der Waals surface area contributed by atoms with Gasteiger partial charge in [0.1, 0.15) is 0 Å². The van der Waals surface area contributed by atoms with Gasteiger partial charge >= 0.3 is 0 Å². The number of hydrogen-bond donors (Lipinski definition) is 1. The monoisotopic (exact) mass is 396 g/mol. The lowest BCUT2D eigenvalue weighted by Crippen LogP contribution is -2.43. The summed E-state index contributed by atoms with van der Waals surface area (Å²) in [4.78, 5) is 15.8. The Morgan fingerprint density at radius 2 is 2.16 bits per heavy atom. The van der Waals surface area contributed by atoms with Gasteiger partial charge in [-0.15, -0.1) is 21.5 Å². The van der Waals surface area contributed by atoms with Crippen molar-refractivity contribution >= 4 is 45.5 Å². The Morgan fingerprint density at radius 1 is 1.36 bits per heavy atom. The molecule has 8 heteroatoms. The molecule has 1 fully saturated rings. The van der Waals surface area contributed by atoms with E-state index in [0.717, 1.165) is 35.5 Å². The summed E-state index contributed by atoms with van der Waals surface area (Å²) in [5.41, 5.74) is 0. The second-order valence-electron chi connectivity index (χ2n) is 6.66. The fourth-order valence-corrected chi connectivity index (χ4v) is 5.56. The minimum atomic E-state index is 0.214. The molecule has 0 bridgehead atoms. The Bertz CT molecular complexity index is 663. The Labute approximate surface area is 161 Å². The van der Waals surface area contributed by atoms with Crippen LogP contribution in [0.25, 0.3) is 0 Å². The molecule has 25 heavy (non-hydrogen) atoms. The van der Waals surface area contributed by atoms with Crippen LogP contribution < -0.4 is 5.32 Å². The number of piperidine rings is 1. The first kappa shape index (κ1) is 18.7. The third kappa shape index (κ3) is 5.69. The highest BCUT2D eigenvalue weighted by molar-refractivity contribution is 8.01. The summed E-state index contributed by atoms with van der Waals surface area (Å²) >= 11 is 4.78. The maximum Gasteiger partial charge on any atom is 0.233 e. The number of nitrogens with zero attached hydrogens (tertiary/aromatic N) is 3. The van der Waals surface area contributed by atoms with Crippen molar-refractivity contribution in [2.24, 2.45) is 11.8 Å². The summed E-state index contributed by atoms with van der Waals surface area (Å²) in [6.45, 7) is 7.07. The highest BCUT2D eigenvalue weighted by Crippen LogP contribution is 2.27. The Balaban J connectivity index is 1.41. The molecule has 0 radical (unpaired) electrons. The minimum absolute atomic E-state index is 0.214. The van der Waals surface area contributed by atoms with Crippen LogP contribution in [0.5, 0.6) is 0 Å². The Hall–Kier alpha value is -1.12. The lowest BCUT2D eigenvalue weighted by molar-refractivity contribution is -0.130. The fourth-order valence-electron chi connectivity index (χ4n) is 3.17. The number of carbonyl (C=O) groups excluding carboxylic acids is 1. The number of nitrogens with one attached hydrogen (secondary N) is 1. The molecule has 1 amide bonds. The van der Waals surface area contributed by atoms with Crippen molar-refractivity contribution in [1.29, 1.82) is 0 Å². The number of likely N-dealkylation sites (tertiary alicyclic amines) is 1. The quantitative estimate of drug-likeness (QED) is 0.721. The zero-order valence-corrected chi connectivity index (χ0v) is 17.1. The van der Waals surface area contributed by atoms with Crippen LogP contribution in [-0.2, 0) is 11.2 Å². The van der Waals surface area contributed by atoms with Crippen molar-refractivity contribution in [3.8, 4) is 0 Å². The summed E-state index contributed by atoms with van der Waals surface area (Å²) in [6.07, 6.45) is 2.21. The highest BCUT2D eigenvalue weighted by atomic mass is 32.2. The number of aromatic nitrogens is 2. The van der Waals surface area contributed by atoms with Gasteiger partial charge in [-0.25, -0.2) is 0 Å². The van der Waals surface area contributed by atoms with E-state index >= 15 is 0 Å². The van der Waals surface area contributed by atoms with Gasteiger partial charge in [-0.05, 0) is 36.1 Å². The smallest absolute Gasteiger partial charge is 0.233 e. The van der Waals surface area contributed by atoms with Gasteiger partial charge in [0.2, 0.25) is 11.0 Å². The molecule has 3 rings (SSSR count). The number of carbonyl (C=O) groups is 1. The van der Waals surface area contributed by atoms with Crippen LogP contribution in [-0.4, -0.2) is 46.4 Å². The molecule has 0 aliphatic carbocycles. The summed E-state index contributed by atoms with van der Waals surface area (Å²) in [5, 5.41) is 14.6. The lowest BCUT2D eigenvalue weighted by Gasteiger charge is -2.34. The Kier molecular flexibility index (Phi) is 6.72. The molecule has 0 saturated carbocycles. The zero-order valence-electron chi connectivity index (χ0n) is 14.6. The van der Waals surface area contributed by atoms with Crippen LogP contribution in [0.1, 0.15) is 25.1 Å². The van der Waals surface area contributed by atoms with E-state index in [9.17, 15) is 4.79 Å². The summed E-state index contributed by atoms with van der Waals surface area (Å²) in [5.74, 6) is 1.85. The van der Waals surface area contributed by atoms with Crippen LogP contribution in [0.15, 0.2) is 21.9 Å². The zero-order chi connectivity index (χ0) is 17.6. The molecular weight excluding hydrogens is 372 g/mol. The second-order valence-corrected chi connectivity index (χ2v) is 9.89. The van der Waals surface area contributed by atoms with Crippen molar-refractivity contribution in [2.75, 3.05) is 30.7 Å². The molecule has 0 aromatic carbocycles. The SMILES string of the molecule is CC1CC(C)CN(C(=O)CSc2nnc(NCCc3cccs3)s2)C1. The molecule has 1 aliphatic rings. The van der Waals surface area contributed by atoms with E-state index in [2.05, 4.69) is 46.9 Å². The number of amides is 1. The standard InChI is InChI=1S/C17H24N4OS3/c1-12-8-13(2)10-21(9-12)15(22)11-24-17-20-19-16(25-17)18-6-5-14-4-3-7-23-14/h3-4,7,12-13H,5-6,8-11H2,1-2H3,(H,18,19). The first-order valence-corrected chi connectivity index (χ1v) is 11.3. The van der Waals surface area contributed by atoms with Gasteiger partial charge in [0.25, 0.3) is 0 Å². The van der Waals surface area contributed by atoms with Gasteiger partial charge in [-0.3, -0.25) is 4.79 Å². The molecule has 5 nitrogen and oxygen atoms in total. The van der Waals surface area contributed by atoms with E-state index in [4.69, 9.17) is 0 Å². The fraction of sp³-hybridized carbons (Fsp3) is 0.588. The summed E-state index contributed by atoms with van der Waals surface area (Å²) in [7, 11) is 0. The molecule has 3 heterocycles. The van der Waals surface area contributed by atoms with Gasteiger partial charge < -0.3 is 10.2 Å². The van der Waals surface area contributed by atoms with Gasteiger partial charge in [0, 0.05) is 24.5 Å². The van der Waals surface area contributed by atoms with Gasteiger partial charge in [-0.1, -0.05) is 43.0 Å². The van der Waals surface area contributed by atoms with Crippen LogP contribution in [0.3, 0.4) is 0 Å². The number of anilines is 1. The molecule has 1 N–H and O–H groups in total. The van der Waals surface area contributed by atoms with Crippen molar-refractivity contribution in [1.82, 2.24) is 15.1 Å². The normalized spacial score (nSPS) is 20.6. The number of thioether (sulfide) groups is 1. The van der Waals surface area contributed by atoms with Crippen molar-refractivity contribution < 1.29 is 4.79 Å². The Morgan fingerprint density at radius 3 is 2.88 bits per heavy atom. The molecule has 2 aromatic heterocycles. The molecule has 1 aliphatic heterocycles. The van der Waals surface area contributed by atoms with E-state index in [1.807, 2.05) is 4.90 Å². The molecule has 0 spiro atoms. The number of hydrogen-bond acceptors (Lipinski definition) is 7. The molecule has 1 saturated heterocycles. The van der Waals surface area contributed by atoms with Crippen LogP contribution in [0.4, 0.5) is 5.13 Å². The second kappa shape index (κ2) is 9.00. The van der Waals surface area contributed by atoms with Crippen LogP contribution in [0, 0.1) is 11.8 Å². The summed E-state index contributed by atoms with van der Waals surface area (Å²) in [6, 6.07) is 4.21. The van der Waals surface area contributed by atoms with Crippen molar-refractivity contribution in [3.63, 3.8) is 0 Å². The molecule has 2 unspecified atom stereocenters. The highest BCUT2D eigenvalue weighted by Gasteiger charge is 2.25. The van der Waals surface area contributed by atoms with Gasteiger partial charge in [0.15, 0.2) is 4.34 Å². The van der Waals surface area contributed by atoms with E-state index in [0.29, 0.717) is 17.6 Å². The largest absolute Gasteiger partial charge is 0.360 e. The van der Waals surface area contributed by atoms with Gasteiger partial charge in [-0.2, -0.15) is 0 Å². The lowest BCUT2D eigenvalue weighted by atomic mass is 9.92. The number of rotatable bonds is 7. The molecule has 136 valence electrons. The van der Waals surface area contributed by atoms with E-state index in [1.165, 1.54) is 34.4 Å². The average molecular weight is 397 g/mol. The van der Waals surface area contributed by atoms with E-state index < -0.39 is 0 Å². The van der Waals surface area contributed by atoms with Crippen LogP contribution >= 0.6 is 34.4 Å². The molecule has 2 atom stereocenters. The van der Waals surface area contributed by atoms with E-state index in [-0.39, 0.29) is 5.91 Å². The first-order chi connectivity index (χ1) is 12.1. The van der Waals surface area contributed by atoms with Crippen molar-refractivity contribution in [2.45, 2.75) is 31.0 Å².